The number of amides is 4. The number of halogens is 1. The van der Waals surface area contributed by atoms with Crippen molar-refractivity contribution in [2.45, 2.75) is 32.4 Å². The Labute approximate surface area is 167 Å². The van der Waals surface area contributed by atoms with Crippen LogP contribution in [0.1, 0.15) is 30.5 Å². The number of benzene rings is 2. The van der Waals surface area contributed by atoms with Crippen molar-refractivity contribution >= 4 is 17.8 Å². The van der Waals surface area contributed by atoms with E-state index in [-0.39, 0.29) is 12.2 Å². The highest BCUT2D eigenvalue weighted by molar-refractivity contribution is 5.85. The number of ether oxygens (including phenoxy) is 1. The molecule has 0 aliphatic heterocycles. The first-order valence-corrected chi connectivity index (χ1v) is 8.89. The number of nitrogens with two attached hydrogens (primary N) is 1. The fourth-order valence-corrected chi connectivity index (χ4v) is 2.64. The molecule has 0 saturated heterocycles. The van der Waals surface area contributed by atoms with Crippen LogP contribution in [0.3, 0.4) is 0 Å². The van der Waals surface area contributed by atoms with Crippen LogP contribution in [0.4, 0.5) is 9.18 Å². The lowest BCUT2D eigenvalue weighted by Crippen LogP contribution is -2.48. The summed E-state index contributed by atoms with van der Waals surface area (Å²) in [6.45, 7) is 3.26. The van der Waals surface area contributed by atoms with Gasteiger partial charge < -0.3 is 15.8 Å². The van der Waals surface area contributed by atoms with Gasteiger partial charge in [-0.25, -0.2) is 9.18 Å². The van der Waals surface area contributed by atoms with Crippen molar-refractivity contribution in [2.24, 2.45) is 5.73 Å². The largest absolute Gasteiger partial charge is 0.478 e. The van der Waals surface area contributed by atoms with Crippen molar-refractivity contribution in [3.8, 4) is 5.75 Å². The molecule has 0 aliphatic rings. The normalized spacial score (nSPS) is 12.4. The maximum absolute atomic E-state index is 13.6. The first-order valence-electron chi connectivity index (χ1n) is 8.89. The van der Waals surface area contributed by atoms with E-state index in [1.165, 1.54) is 25.1 Å². The summed E-state index contributed by atoms with van der Waals surface area (Å²) in [4.78, 5) is 35.6. The Kier molecular flexibility index (Phi) is 7.53. The molecule has 0 aromatic heterocycles. The van der Waals surface area contributed by atoms with E-state index < -0.39 is 35.8 Å². The quantitative estimate of drug-likeness (QED) is 0.528. The lowest BCUT2D eigenvalue weighted by molar-refractivity contribution is -0.133. The van der Waals surface area contributed by atoms with Crippen LogP contribution in [0, 0.1) is 12.7 Å². The zero-order valence-corrected chi connectivity index (χ0v) is 16.1. The lowest BCUT2D eigenvalue weighted by atomic mass is 9.98. The average molecular weight is 402 g/mol. The van der Waals surface area contributed by atoms with Crippen molar-refractivity contribution in [2.75, 3.05) is 0 Å². The highest BCUT2D eigenvalue weighted by Crippen LogP contribution is 2.20. The van der Waals surface area contributed by atoms with Crippen molar-refractivity contribution < 1.29 is 23.5 Å². The summed E-state index contributed by atoms with van der Waals surface area (Å²) < 4.78 is 18.8. The third kappa shape index (κ3) is 6.49. The number of urea groups is 1. The van der Waals surface area contributed by atoms with Gasteiger partial charge in [-0.15, -0.1) is 0 Å². The summed E-state index contributed by atoms with van der Waals surface area (Å²) in [7, 11) is 0. The number of para-hydroxylation sites is 1. The number of aryl methyl sites for hydroxylation is 1. The van der Waals surface area contributed by atoms with Gasteiger partial charge >= 0.3 is 6.03 Å². The van der Waals surface area contributed by atoms with Gasteiger partial charge in [0.2, 0.25) is 5.91 Å². The van der Waals surface area contributed by atoms with Crippen LogP contribution in [-0.2, 0) is 9.59 Å². The molecule has 0 saturated carbocycles. The summed E-state index contributed by atoms with van der Waals surface area (Å²) in [5, 5.41) is 2.52. The van der Waals surface area contributed by atoms with E-state index in [0.717, 1.165) is 11.1 Å². The summed E-state index contributed by atoms with van der Waals surface area (Å²) >= 11 is 0. The molecular weight excluding hydrogens is 379 g/mol. The highest BCUT2D eigenvalue weighted by Gasteiger charge is 2.21. The predicted octanol–water partition coefficient (Wildman–Crippen LogP) is 1.85. The van der Waals surface area contributed by atoms with Gasteiger partial charge in [-0.05, 0) is 37.1 Å². The van der Waals surface area contributed by atoms with Crippen LogP contribution < -0.4 is 26.6 Å². The summed E-state index contributed by atoms with van der Waals surface area (Å²) in [6, 6.07) is 11.4. The van der Waals surface area contributed by atoms with E-state index in [4.69, 9.17) is 10.5 Å². The van der Waals surface area contributed by atoms with E-state index >= 15 is 0 Å². The lowest BCUT2D eigenvalue weighted by Gasteiger charge is -2.20. The first-order chi connectivity index (χ1) is 13.8. The summed E-state index contributed by atoms with van der Waals surface area (Å²) in [6.07, 6.45) is -1.21. The second-order valence-corrected chi connectivity index (χ2v) is 6.35. The monoisotopic (exact) mass is 402 g/mol. The molecule has 154 valence electrons. The van der Waals surface area contributed by atoms with Crippen LogP contribution in [0.15, 0.2) is 48.5 Å². The van der Waals surface area contributed by atoms with E-state index in [1.54, 1.807) is 18.2 Å². The highest BCUT2D eigenvalue weighted by atomic mass is 19.1. The zero-order chi connectivity index (χ0) is 21.4. The van der Waals surface area contributed by atoms with Gasteiger partial charge in [0.15, 0.2) is 17.7 Å². The molecule has 2 aromatic rings. The molecule has 2 aromatic carbocycles. The van der Waals surface area contributed by atoms with E-state index in [2.05, 4.69) is 16.2 Å². The van der Waals surface area contributed by atoms with Gasteiger partial charge in [-0.1, -0.05) is 36.4 Å². The fraction of sp³-hybridized carbons (Fsp3) is 0.250. The standard InChI is InChI=1S/C20H23FN4O4/c1-12-7-3-4-8-14(12)16(23-20(22)28)11-18(26)24-25-19(27)13(2)29-17-10-6-5-9-15(17)21/h3-10,13,16H,11H2,1-2H3,(H,24,26)(H,25,27)(H3,22,23,28). The molecule has 5 N–H and O–H groups in total. The molecule has 0 fully saturated rings. The van der Waals surface area contributed by atoms with E-state index in [9.17, 15) is 18.8 Å². The third-order valence-electron chi connectivity index (χ3n) is 4.10. The van der Waals surface area contributed by atoms with Crippen LogP contribution >= 0.6 is 0 Å². The predicted molar refractivity (Wildman–Crippen MR) is 104 cm³/mol. The number of rotatable bonds is 7. The molecule has 9 heteroatoms. The molecule has 4 amide bonds. The number of hydrogen-bond acceptors (Lipinski definition) is 4. The molecule has 0 spiro atoms. The number of hydrazine groups is 1. The van der Waals surface area contributed by atoms with Crippen LogP contribution in [0.2, 0.25) is 0 Å². The number of carbonyl (C=O) groups is 3. The molecule has 0 aliphatic carbocycles. The Bertz CT molecular complexity index is 890. The SMILES string of the molecule is Cc1ccccc1C(CC(=O)NNC(=O)C(C)Oc1ccccc1F)NC(N)=O. The molecule has 2 atom stereocenters. The summed E-state index contributed by atoms with van der Waals surface area (Å²) in [5.74, 6) is -1.91. The molecule has 0 radical (unpaired) electrons. The van der Waals surface area contributed by atoms with E-state index in [0.29, 0.717) is 0 Å². The number of primary amides is 1. The van der Waals surface area contributed by atoms with Crippen molar-refractivity contribution in [3.05, 3.63) is 65.5 Å². The molecule has 29 heavy (non-hydrogen) atoms. The fourth-order valence-electron chi connectivity index (χ4n) is 2.64. The van der Waals surface area contributed by atoms with Crippen LogP contribution in [-0.4, -0.2) is 23.9 Å². The summed E-state index contributed by atoms with van der Waals surface area (Å²) in [5.41, 5.74) is 11.3. The number of nitrogens with one attached hydrogen (secondary N) is 3. The maximum atomic E-state index is 13.6. The topological polar surface area (TPSA) is 123 Å². The molecular formula is C20H23FN4O4. The van der Waals surface area contributed by atoms with Gasteiger partial charge in [0.05, 0.1) is 12.5 Å². The second kappa shape index (κ2) is 10.1. The maximum Gasteiger partial charge on any atom is 0.312 e. The van der Waals surface area contributed by atoms with E-state index in [1.807, 2.05) is 19.1 Å². The smallest absolute Gasteiger partial charge is 0.312 e. The molecule has 8 nitrogen and oxygen atoms in total. The first kappa shape index (κ1) is 21.7. The van der Waals surface area contributed by atoms with Gasteiger partial charge in [0, 0.05) is 0 Å². The number of carbonyl (C=O) groups excluding carboxylic acids is 3. The number of hydrogen-bond donors (Lipinski definition) is 4. The Morgan fingerprint density at radius 1 is 1.07 bits per heavy atom. The molecule has 0 heterocycles. The minimum absolute atomic E-state index is 0.0771. The van der Waals surface area contributed by atoms with Crippen LogP contribution in [0.25, 0.3) is 0 Å². The molecule has 2 rings (SSSR count). The average Bonchev–Trinajstić information content (AvgIpc) is 2.67. The van der Waals surface area contributed by atoms with Gasteiger partial charge in [-0.2, -0.15) is 0 Å². The Morgan fingerprint density at radius 2 is 1.72 bits per heavy atom. The second-order valence-electron chi connectivity index (χ2n) is 6.35. The van der Waals surface area contributed by atoms with Crippen LogP contribution in [0.5, 0.6) is 5.75 Å². The van der Waals surface area contributed by atoms with Gasteiger partial charge in [0.1, 0.15) is 0 Å². The zero-order valence-electron chi connectivity index (χ0n) is 16.1. The Hall–Kier alpha value is -3.62. The minimum atomic E-state index is -1.05. The third-order valence-corrected chi connectivity index (χ3v) is 4.10. The Morgan fingerprint density at radius 3 is 2.38 bits per heavy atom. The minimum Gasteiger partial charge on any atom is -0.478 e. The van der Waals surface area contributed by atoms with Crippen molar-refractivity contribution in [1.82, 2.24) is 16.2 Å². The van der Waals surface area contributed by atoms with Gasteiger partial charge in [-0.3, -0.25) is 20.4 Å². The van der Waals surface area contributed by atoms with Gasteiger partial charge in [0.25, 0.3) is 5.91 Å². The molecule has 0 bridgehead atoms. The van der Waals surface area contributed by atoms with Crippen molar-refractivity contribution in [3.63, 3.8) is 0 Å². The van der Waals surface area contributed by atoms with Crippen molar-refractivity contribution in [1.29, 1.82) is 0 Å². The molecule has 2 unspecified atom stereocenters. The Balaban J connectivity index is 1.92.